The van der Waals surface area contributed by atoms with Crippen molar-refractivity contribution in [3.63, 3.8) is 0 Å². The minimum Gasteiger partial charge on any atom is -0.488 e. The van der Waals surface area contributed by atoms with Crippen molar-refractivity contribution in [3.8, 4) is 5.75 Å². The van der Waals surface area contributed by atoms with Crippen LogP contribution in [0.1, 0.15) is 11.1 Å². The van der Waals surface area contributed by atoms with Gasteiger partial charge in [0.05, 0.1) is 0 Å². The van der Waals surface area contributed by atoms with Gasteiger partial charge in [0.25, 0.3) is 0 Å². The van der Waals surface area contributed by atoms with Crippen LogP contribution in [0.3, 0.4) is 0 Å². The van der Waals surface area contributed by atoms with E-state index >= 15 is 0 Å². The summed E-state index contributed by atoms with van der Waals surface area (Å²) >= 11 is 3.60. The highest BCUT2D eigenvalue weighted by Gasteiger charge is 2.06. The monoisotopic (exact) mass is 326 g/mol. The summed E-state index contributed by atoms with van der Waals surface area (Å²) in [6.45, 7) is 2.69. The zero-order chi connectivity index (χ0) is 13.9. The number of rotatable bonds is 3. The lowest BCUT2D eigenvalue weighted by molar-refractivity contribution is 0.310. The maximum absolute atomic E-state index is 5.99. The molecule has 0 amide bonds. The SMILES string of the molecule is Cc1ccc2c(Br)ccc(OCc3ccccc3)c2c1. The van der Waals surface area contributed by atoms with Gasteiger partial charge in [-0.15, -0.1) is 0 Å². The van der Waals surface area contributed by atoms with Crippen LogP contribution in [0.15, 0.2) is 65.1 Å². The highest BCUT2D eigenvalue weighted by Crippen LogP contribution is 2.32. The van der Waals surface area contributed by atoms with E-state index in [-0.39, 0.29) is 0 Å². The van der Waals surface area contributed by atoms with Gasteiger partial charge in [0.1, 0.15) is 12.4 Å². The van der Waals surface area contributed by atoms with Crippen LogP contribution < -0.4 is 4.74 Å². The predicted molar refractivity (Wildman–Crippen MR) is 87.2 cm³/mol. The topological polar surface area (TPSA) is 9.23 Å². The van der Waals surface area contributed by atoms with E-state index in [1.807, 2.05) is 30.3 Å². The molecule has 0 spiro atoms. The average molecular weight is 327 g/mol. The Morgan fingerprint density at radius 2 is 1.70 bits per heavy atom. The van der Waals surface area contributed by atoms with Crippen LogP contribution in [-0.2, 0) is 6.61 Å². The lowest BCUT2D eigenvalue weighted by atomic mass is 10.1. The van der Waals surface area contributed by atoms with Gasteiger partial charge in [0.2, 0.25) is 0 Å². The molecular weight excluding hydrogens is 312 g/mol. The zero-order valence-electron chi connectivity index (χ0n) is 11.3. The van der Waals surface area contributed by atoms with Crippen LogP contribution in [0.2, 0.25) is 0 Å². The molecule has 0 radical (unpaired) electrons. The van der Waals surface area contributed by atoms with Crippen molar-refractivity contribution in [2.75, 3.05) is 0 Å². The summed E-state index contributed by atoms with van der Waals surface area (Å²) in [6, 6.07) is 20.7. The van der Waals surface area contributed by atoms with E-state index in [0.717, 1.165) is 15.6 Å². The molecular formula is C18H15BrO. The first kappa shape index (κ1) is 13.2. The summed E-state index contributed by atoms with van der Waals surface area (Å²) in [4.78, 5) is 0. The number of benzene rings is 3. The van der Waals surface area contributed by atoms with Gasteiger partial charge in [-0.1, -0.05) is 64.0 Å². The van der Waals surface area contributed by atoms with Gasteiger partial charge in [0.15, 0.2) is 0 Å². The summed E-state index contributed by atoms with van der Waals surface area (Å²) in [5.41, 5.74) is 2.41. The van der Waals surface area contributed by atoms with E-state index in [1.165, 1.54) is 16.5 Å². The quantitative estimate of drug-likeness (QED) is 0.618. The standard InChI is InChI=1S/C18H15BrO/c1-13-7-8-15-16(11-13)18(10-9-17(15)19)20-12-14-5-3-2-4-6-14/h2-11H,12H2,1H3. The number of halogens is 1. The molecule has 0 bridgehead atoms. The van der Waals surface area contributed by atoms with Gasteiger partial charge in [-0.3, -0.25) is 0 Å². The molecule has 3 aromatic rings. The fourth-order valence-corrected chi connectivity index (χ4v) is 2.74. The van der Waals surface area contributed by atoms with Crippen molar-refractivity contribution in [1.82, 2.24) is 0 Å². The Bertz CT molecular complexity index is 735. The maximum atomic E-state index is 5.99. The minimum atomic E-state index is 0.589. The van der Waals surface area contributed by atoms with Crippen molar-refractivity contribution < 1.29 is 4.74 Å². The van der Waals surface area contributed by atoms with Crippen molar-refractivity contribution in [3.05, 3.63) is 76.3 Å². The lowest BCUT2D eigenvalue weighted by Gasteiger charge is -2.11. The van der Waals surface area contributed by atoms with Gasteiger partial charge in [-0.25, -0.2) is 0 Å². The van der Waals surface area contributed by atoms with E-state index in [9.17, 15) is 0 Å². The fourth-order valence-electron chi connectivity index (χ4n) is 2.26. The van der Waals surface area contributed by atoms with E-state index in [4.69, 9.17) is 4.74 Å². The van der Waals surface area contributed by atoms with Crippen molar-refractivity contribution >= 4 is 26.7 Å². The van der Waals surface area contributed by atoms with E-state index < -0.39 is 0 Å². The van der Waals surface area contributed by atoms with Crippen molar-refractivity contribution in [1.29, 1.82) is 0 Å². The maximum Gasteiger partial charge on any atom is 0.127 e. The molecule has 1 nitrogen and oxygen atoms in total. The first-order valence-electron chi connectivity index (χ1n) is 6.59. The Hall–Kier alpha value is -1.80. The van der Waals surface area contributed by atoms with Gasteiger partial charge in [-0.05, 0) is 36.1 Å². The zero-order valence-corrected chi connectivity index (χ0v) is 12.9. The number of hydrogen-bond donors (Lipinski definition) is 0. The molecule has 0 aliphatic carbocycles. The predicted octanol–water partition coefficient (Wildman–Crippen LogP) is 5.49. The van der Waals surface area contributed by atoms with Crippen LogP contribution >= 0.6 is 15.9 Å². The Kier molecular flexibility index (Phi) is 3.75. The molecule has 0 unspecified atom stereocenters. The molecule has 0 saturated heterocycles. The minimum absolute atomic E-state index is 0.589. The third-order valence-corrected chi connectivity index (χ3v) is 4.01. The number of aryl methyl sites for hydroxylation is 1. The number of fused-ring (bicyclic) bond motifs is 1. The Labute approximate surface area is 127 Å². The number of hydrogen-bond acceptors (Lipinski definition) is 1. The molecule has 0 heterocycles. The third-order valence-electron chi connectivity index (χ3n) is 3.32. The first-order valence-corrected chi connectivity index (χ1v) is 7.39. The first-order chi connectivity index (χ1) is 9.74. The van der Waals surface area contributed by atoms with Crippen molar-refractivity contribution in [2.24, 2.45) is 0 Å². The van der Waals surface area contributed by atoms with Gasteiger partial charge in [0, 0.05) is 9.86 Å². The second-order valence-electron chi connectivity index (χ2n) is 4.87. The van der Waals surface area contributed by atoms with Gasteiger partial charge >= 0.3 is 0 Å². The summed E-state index contributed by atoms with van der Waals surface area (Å²) < 4.78 is 7.09. The highest BCUT2D eigenvalue weighted by atomic mass is 79.9. The Morgan fingerprint density at radius 3 is 2.50 bits per heavy atom. The molecule has 3 rings (SSSR count). The lowest BCUT2D eigenvalue weighted by Crippen LogP contribution is -1.96. The van der Waals surface area contributed by atoms with E-state index in [2.05, 4.69) is 53.2 Å². The highest BCUT2D eigenvalue weighted by molar-refractivity contribution is 9.10. The van der Waals surface area contributed by atoms with Crippen LogP contribution in [-0.4, -0.2) is 0 Å². The molecule has 3 aromatic carbocycles. The van der Waals surface area contributed by atoms with Gasteiger partial charge in [-0.2, -0.15) is 0 Å². The molecule has 0 aliphatic heterocycles. The molecule has 0 aliphatic rings. The average Bonchev–Trinajstić information content (AvgIpc) is 2.47. The molecule has 2 heteroatoms. The fraction of sp³-hybridized carbons (Fsp3) is 0.111. The normalized spacial score (nSPS) is 10.7. The third kappa shape index (κ3) is 2.70. The summed E-state index contributed by atoms with van der Waals surface area (Å²) in [5, 5.41) is 2.33. The van der Waals surface area contributed by atoms with Gasteiger partial charge < -0.3 is 4.74 Å². The molecule has 0 saturated carbocycles. The van der Waals surface area contributed by atoms with Crippen LogP contribution in [0, 0.1) is 6.92 Å². The van der Waals surface area contributed by atoms with Crippen LogP contribution in [0.25, 0.3) is 10.8 Å². The van der Waals surface area contributed by atoms with E-state index in [1.54, 1.807) is 0 Å². The van der Waals surface area contributed by atoms with Crippen molar-refractivity contribution in [2.45, 2.75) is 13.5 Å². The second kappa shape index (κ2) is 5.68. The summed E-state index contributed by atoms with van der Waals surface area (Å²) in [5.74, 6) is 0.927. The summed E-state index contributed by atoms with van der Waals surface area (Å²) in [7, 11) is 0. The molecule has 0 fully saturated rings. The van der Waals surface area contributed by atoms with Crippen LogP contribution in [0.5, 0.6) is 5.75 Å². The molecule has 20 heavy (non-hydrogen) atoms. The molecule has 100 valence electrons. The largest absolute Gasteiger partial charge is 0.488 e. The van der Waals surface area contributed by atoms with E-state index in [0.29, 0.717) is 6.61 Å². The molecule has 0 aromatic heterocycles. The van der Waals surface area contributed by atoms with Crippen LogP contribution in [0.4, 0.5) is 0 Å². The number of ether oxygens (including phenoxy) is 1. The molecule has 0 atom stereocenters. The smallest absolute Gasteiger partial charge is 0.127 e. The Balaban J connectivity index is 1.95. The molecule has 0 N–H and O–H groups in total. The summed E-state index contributed by atoms with van der Waals surface area (Å²) in [6.07, 6.45) is 0. The second-order valence-corrected chi connectivity index (χ2v) is 5.72. The Morgan fingerprint density at radius 1 is 0.900 bits per heavy atom.